The Hall–Kier alpha value is -2.44. The zero-order valence-corrected chi connectivity index (χ0v) is 12.4. The van der Waals surface area contributed by atoms with E-state index in [9.17, 15) is 8.96 Å². The molecule has 2 aromatic heterocycles. The predicted molar refractivity (Wildman–Crippen MR) is 76.3 cm³/mol. The molecule has 23 heavy (non-hydrogen) atoms. The summed E-state index contributed by atoms with van der Waals surface area (Å²) in [6.07, 6.45) is 8.09. The Kier molecular flexibility index (Phi) is 3.79. The topological polar surface area (TPSA) is 125 Å². The second-order valence-corrected chi connectivity index (χ2v) is 5.35. The van der Waals surface area contributed by atoms with Crippen molar-refractivity contribution in [3.63, 3.8) is 0 Å². The molecule has 118 valence electrons. The Morgan fingerprint density at radius 2 is 2.43 bits per heavy atom. The van der Waals surface area contributed by atoms with Gasteiger partial charge in [-0.15, -0.1) is 15.8 Å². The van der Waals surface area contributed by atoms with Gasteiger partial charge in [-0.3, -0.25) is 4.57 Å². The highest BCUT2D eigenvalue weighted by Crippen LogP contribution is 2.33. The van der Waals surface area contributed by atoms with Crippen LogP contribution in [0.3, 0.4) is 0 Å². The summed E-state index contributed by atoms with van der Waals surface area (Å²) in [6.45, 7) is -0.319. The fourth-order valence-electron chi connectivity index (χ4n) is 2.14. The molecule has 9 nitrogen and oxygen atoms in total. The fourth-order valence-corrected chi connectivity index (χ4v) is 2.44. The third-order valence-electron chi connectivity index (χ3n) is 3.19. The summed E-state index contributed by atoms with van der Waals surface area (Å²) in [5, 5.41) is 0. The first-order valence-corrected chi connectivity index (χ1v) is 7.37. The van der Waals surface area contributed by atoms with Gasteiger partial charge in [0, 0.05) is 4.57 Å². The van der Waals surface area contributed by atoms with E-state index in [2.05, 4.69) is 25.4 Å². The largest absolute Gasteiger partial charge is 0.694 e. The smallest absolute Gasteiger partial charge is 0.382 e. The first-order valence-electron chi connectivity index (χ1n) is 6.24. The van der Waals surface area contributed by atoms with Crippen molar-refractivity contribution < 1.29 is 23.1 Å². The normalized spacial score (nSPS) is 24.0. The third-order valence-corrected chi connectivity index (χ3v) is 3.54. The summed E-state index contributed by atoms with van der Waals surface area (Å²) in [4.78, 5) is 19.8. The van der Waals surface area contributed by atoms with E-state index in [1.165, 1.54) is 17.0 Å². The Morgan fingerprint density at radius 1 is 1.65 bits per heavy atom. The van der Waals surface area contributed by atoms with E-state index >= 15 is 0 Å². The number of nitrogen functional groups attached to an aromatic ring is 1. The third kappa shape index (κ3) is 2.78. The molecule has 3 rings (SSSR count). The zero-order valence-electron chi connectivity index (χ0n) is 11.5. The Bertz CT molecular complexity index is 863. The van der Waals surface area contributed by atoms with Crippen LogP contribution in [0, 0.1) is 18.4 Å². The number of aromatic nitrogens is 4. The molecular formula is C12H10FN5O4P+. The van der Waals surface area contributed by atoms with Gasteiger partial charge in [-0.25, -0.2) is 4.98 Å². The van der Waals surface area contributed by atoms with Crippen LogP contribution in [0.5, 0.6) is 0 Å². The van der Waals surface area contributed by atoms with E-state index in [0.29, 0.717) is 0 Å². The minimum atomic E-state index is -2.82. The summed E-state index contributed by atoms with van der Waals surface area (Å²) >= 11 is 0. The van der Waals surface area contributed by atoms with Crippen molar-refractivity contribution in [1.29, 1.82) is 0 Å². The van der Waals surface area contributed by atoms with E-state index in [1.54, 1.807) is 6.08 Å². The number of nitrogens with zero attached hydrogens (tertiary/aromatic N) is 4. The highest BCUT2D eigenvalue weighted by molar-refractivity contribution is 7.32. The van der Waals surface area contributed by atoms with E-state index in [-0.39, 0.29) is 23.6 Å². The molecular weight excluding hydrogens is 328 g/mol. The average molecular weight is 338 g/mol. The van der Waals surface area contributed by atoms with Crippen LogP contribution in [0.25, 0.3) is 11.2 Å². The first-order chi connectivity index (χ1) is 10.9. The van der Waals surface area contributed by atoms with Gasteiger partial charge in [0.05, 0.1) is 6.33 Å². The lowest BCUT2D eigenvalue weighted by atomic mass is 10.1. The Balaban J connectivity index is 1.92. The molecule has 0 aromatic carbocycles. The summed E-state index contributed by atoms with van der Waals surface area (Å²) in [6, 6.07) is 0. The van der Waals surface area contributed by atoms with Gasteiger partial charge in [-0.2, -0.15) is 14.4 Å². The number of rotatable bonds is 4. The van der Waals surface area contributed by atoms with Crippen molar-refractivity contribution in [2.75, 3.05) is 12.3 Å². The van der Waals surface area contributed by atoms with Crippen LogP contribution < -0.4 is 5.73 Å². The van der Waals surface area contributed by atoms with Crippen molar-refractivity contribution >= 4 is 25.2 Å². The molecule has 3 atom stereocenters. The lowest BCUT2D eigenvalue weighted by molar-refractivity contribution is -0.0421. The number of fused-ring (bicyclic) bond motifs is 1. The second kappa shape index (κ2) is 5.64. The maximum absolute atomic E-state index is 13.4. The minimum absolute atomic E-state index is 0.1000. The second-order valence-electron chi connectivity index (χ2n) is 4.61. The van der Waals surface area contributed by atoms with Crippen molar-refractivity contribution in [2.24, 2.45) is 0 Å². The highest BCUT2D eigenvalue weighted by atomic mass is 31.1. The summed E-state index contributed by atoms with van der Waals surface area (Å²) in [5.74, 6) is 2.26. The molecule has 0 bridgehead atoms. The van der Waals surface area contributed by atoms with Crippen molar-refractivity contribution in [3.05, 3.63) is 24.6 Å². The van der Waals surface area contributed by atoms with Crippen LogP contribution in [-0.2, 0) is 13.8 Å². The molecule has 0 saturated carbocycles. The molecule has 0 amide bonds. The zero-order chi connectivity index (χ0) is 16.6. The SMILES string of the molecule is C#C[C@@]1(CO[P+](=O)O)C=C[C@H](n2cnc3c(N)nc(F)nc32)O1. The molecule has 0 radical (unpaired) electrons. The van der Waals surface area contributed by atoms with Gasteiger partial charge in [0.1, 0.15) is 6.61 Å². The van der Waals surface area contributed by atoms with Gasteiger partial charge in [0.2, 0.25) is 0 Å². The van der Waals surface area contributed by atoms with E-state index in [0.717, 1.165) is 0 Å². The summed E-state index contributed by atoms with van der Waals surface area (Å²) < 4.78 is 35.7. The van der Waals surface area contributed by atoms with Crippen molar-refractivity contribution in [1.82, 2.24) is 19.5 Å². The molecule has 0 aliphatic carbocycles. The molecule has 3 heterocycles. The Morgan fingerprint density at radius 3 is 3.13 bits per heavy atom. The lowest BCUT2D eigenvalue weighted by Crippen LogP contribution is -2.31. The molecule has 0 spiro atoms. The molecule has 2 aromatic rings. The van der Waals surface area contributed by atoms with Gasteiger partial charge in [-0.05, 0) is 12.2 Å². The van der Waals surface area contributed by atoms with E-state index in [4.69, 9.17) is 21.8 Å². The number of halogens is 1. The van der Waals surface area contributed by atoms with Gasteiger partial charge >= 0.3 is 14.3 Å². The molecule has 1 unspecified atom stereocenters. The molecule has 1 aliphatic heterocycles. The predicted octanol–water partition coefficient (Wildman–Crippen LogP) is 0.671. The van der Waals surface area contributed by atoms with Crippen LogP contribution in [0.4, 0.5) is 10.2 Å². The molecule has 0 fully saturated rings. The summed E-state index contributed by atoms with van der Waals surface area (Å²) in [5.41, 5.74) is 4.61. The number of ether oxygens (including phenoxy) is 1. The van der Waals surface area contributed by atoms with Gasteiger partial charge in [0.15, 0.2) is 28.8 Å². The standard InChI is InChI=1S/C12H9FN5O4P/c1-2-12(5-21-23(19)20)4-3-7(22-12)18-6-15-8-9(14)16-11(13)17-10(8)18/h1,3-4,6-7H,5H2,(H2-,14,16,17,19,20)/p+1/t7-,12+/m1/s1. The summed E-state index contributed by atoms with van der Waals surface area (Å²) in [7, 11) is -2.82. The van der Waals surface area contributed by atoms with Crippen LogP contribution in [0.2, 0.25) is 0 Å². The van der Waals surface area contributed by atoms with E-state index < -0.39 is 26.2 Å². The minimum Gasteiger partial charge on any atom is -0.382 e. The van der Waals surface area contributed by atoms with Crippen molar-refractivity contribution in [3.8, 4) is 12.3 Å². The number of hydrogen-bond donors (Lipinski definition) is 2. The molecule has 11 heteroatoms. The number of imidazole rings is 1. The Labute approximate surface area is 129 Å². The van der Waals surface area contributed by atoms with Gasteiger partial charge in [-0.1, -0.05) is 5.92 Å². The molecule has 3 N–H and O–H groups in total. The van der Waals surface area contributed by atoms with Crippen LogP contribution >= 0.6 is 8.25 Å². The first kappa shape index (κ1) is 15.5. The quantitative estimate of drug-likeness (QED) is 0.361. The van der Waals surface area contributed by atoms with Gasteiger partial charge < -0.3 is 10.5 Å². The number of terminal acetylenes is 1. The molecule has 0 saturated heterocycles. The van der Waals surface area contributed by atoms with Crippen LogP contribution in [0.1, 0.15) is 6.23 Å². The number of nitrogens with two attached hydrogens (primary N) is 1. The number of hydrogen-bond acceptors (Lipinski definition) is 7. The fraction of sp³-hybridized carbons (Fsp3) is 0.250. The lowest BCUT2D eigenvalue weighted by Gasteiger charge is -2.21. The maximum atomic E-state index is 13.4. The maximum Gasteiger partial charge on any atom is 0.694 e. The number of anilines is 1. The van der Waals surface area contributed by atoms with E-state index in [1.807, 2.05) is 0 Å². The monoisotopic (exact) mass is 338 g/mol. The van der Waals surface area contributed by atoms with Crippen molar-refractivity contribution in [2.45, 2.75) is 11.8 Å². The molecule has 1 aliphatic rings. The van der Waals surface area contributed by atoms with Crippen LogP contribution in [0.15, 0.2) is 18.5 Å². The highest BCUT2D eigenvalue weighted by Gasteiger charge is 2.38. The van der Waals surface area contributed by atoms with Gasteiger partial charge in [0.25, 0.3) is 0 Å². The van der Waals surface area contributed by atoms with Crippen LogP contribution in [-0.4, -0.2) is 36.6 Å². The average Bonchev–Trinajstić information content (AvgIpc) is 3.09.